The smallest absolute Gasteiger partial charge is 0.0718 e. The molecule has 0 aromatic carbocycles. The molecule has 0 saturated carbocycles. The monoisotopic (exact) mass is 214 g/mol. The standard InChI is InChI=1S/C12H26N2O/c1-6-13-8-11(3)9-14(7-2)10-12(4,5)15/h13,15H,3,6-10H2,1-2,4-5H3. The number of hydrogen-bond acceptors (Lipinski definition) is 3. The molecule has 0 radical (unpaired) electrons. The number of aliphatic hydroxyl groups is 1. The van der Waals surface area contributed by atoms with Crippen LogP contribution in [0.15, 0.2) is 12.2 Å². The molecule has 0 rings (SSSR count). The van der Waals surface area contributed by atoms with Gasteiger partial charge in [0.1, 0.15) is 0 Å². The number of rotatable bonds is 8. The van der Waals surface area contributed by atoms with E-state index in [9.17, 15) is 5.11 Å². The Labute approximate surface area is 94.2 Å². The van der Waals surface area contributed by atoms with Gasteiger partial charge in [-0.2, -0.15) is 0 Å². The van der Waals surface area contributed by atoms with E-state index in [-0.39, 0.29) is 0 Å². The van der Waals surface area contributed by atoms with Gasteiger partial charge in [0.15, 0.2) is 0 Å². The molecule has 0 amide bonds. The molecule has 15 heavy (non-hydrogen) atoms. The van der Waals surface area contributed by atoms with Gasteiger partial charge in [0.05, 0.1) is 5.60 Å². The van der Waals surface area contributed by atoms with Crippen molar-refractivity contribution in [3.8, 4) is 0 Å². The average Bonchev–Trinajstić information content (AvgIpc) is 2.11. The zero-order valence-electron chi connectivity index (χ0n) is 10.6. The number of nitrogens with zero attached hydrogens (tertiary/aromatic N) is 1. The molecule has 0 spiro atoms. The highest BCUT2D eigenvalue weighted by molar-refractivity contribution is 5.00. The minimum Gasteiger partial charge on any atom is -0.389 e. The maximum Gasteiger partial charge on any atom is 0.0718 e. The van der Waals surface area contributed by atoms with Crippen molar-refractivity contribution in [1.29, 1.82) is 0 Å². The first kappa shape index (κ1) is 14.6. The molecule has 0 saturated heterocycles. The number of nitrogens with one attached hydrogen (secondary N) is 1. The molecule has 0 aromatic rings. The van der Waals surface area contributed by atoms with Crippen LogP contribution in [0.3, 0.4) is 0 Å². The third-order valence-corrected chi connectivity index (χ3v) is 2.13. The Morgan fingerprint density at radius 3 is 2.40 bits per heavy atom. The lowest BCUT2D eigenvalue weighted by atomic mass is 10.1. The highest BCUT2D eigenvalue weighted by atomic mass is 16.3. The van der Waals surface area contributed by atoms with E-state index >= 15 is 0 Å². The predicted octanol–water partition coefficient (Wildman–Crippen LogP) is 1.24. The zero-order chi connectivity index (χ0) is 11.9. The van der Waals surface area contributed by atoms with Gasteiger partial charge >= 0.3 is 0 Å². The molecule has 0 aliphatic rings. The maximum atomic E-state index is 9.72. The van der Waals surface area contributed by atoms with Gasteiger partial charge in [-0.1, -0.05) is 20.4 Å². The summed E-state index contributed by atoms with van der Waals surface area (Å²) in [5.41, 5.74) is 0.539. The highest BCUT2D eigenvalue weighted by Crippen LogP contribution is 2.06. The van der Waals surface area contributed by atoms with Crippen LogP contribution in [0, 0.1) is 0 Å². The summed E-state index contributed by atoms with van der Waals surface area (Å²) >= 11 is 0. The molecule has 0 aliphatic heterocycles. The molecular formula is C12H26N2O. The van der Waals surface area contributed by atoms with Crippen LogP contribution in [0.25, 0.3) is 0 Å². The summed E-state index contributed by atoms with van der Waals surface area (Å²) in [6.07, 6.45) is 0. The van der Waals surface area contributed by atoms with Crippen molar-refractivity contribution in [2.24, 2.45) is 0 Å². The van der Waals surface area contributed by atoms with Gasteiger partial charge < -0.3 is 10.4 Å². The fourth-order valence-electron chi connectivity index (χ4n) is 1.50. The van der Waals surface area contributed by atoms with Crippen LogP contribution in [0.4, 0.5) is 0 Å². The summed E-state index contributed by atoms with van der Waals surface area (Å²) in [7, 11) is 0. The van der Waals surface area contributed by atoms with E-state index in [4.69, 9.17) is 0 Å². The summed E-state index contributed by atoms with van der Waals surface area (Å²) in [5, 5.41) is 13.0. The predicted molar refractivity (Wildman–Crippen MR) is 66.1 cm³/mol. The third-order valence-electron chi connectivity index (χ3n) is 2.13. The van der Waals surface area contributed by atoms with Crippen molar-refractivity contribution in [1.82, 2.24) is 10.2 Å². The topological polar surface area (TPSA) is 35.5 Å². The van der Waals surface area contributed by atoms with Gasteiger partial charge in [-0.3, -0.25) is 4.90 Å². The molecule has 90 valence electrons. The van der Waals surface area contributed by atoms with Crippen molar-refractivity contribution in [2.45, 2.75) is 33.3 Å². The van der Waals surface area contributed by atoms with Gasteiger partial charge in [0, 0.05) is 19.6 Å². The minimum atomic E-state index is -0.630. The molecule has 0 atom stereocenters. The van der Waals surface area contributed by atoms with E-state index in [1.165, 1.54) is 5.57 Å². The molecule has 3 nitrogen and oxygen atoms in total. The number of likely N-dealkylation sites (N-methyl/N-ethyl adjacent to an activating group) is 2. The van der Waals surface area contributed by atoms with Crippen LogP contribution < -0.4 is 5.32 Å². The van der Waals surface area contributed by atoms with Crippen LogP contribution in [0.5, 0.6) is 0 Å². The molecule has 0 aliphatic carbocycles. The zero-order valence-corrected chi connectivity index (χ0v) is 10.6. The van der Waals surface area contributed by atoms with Crippen molar-refractivity contribution < 1.29 is 5.11 Å². The fraction of sp³-hybridized carbons (Fsp3) is 0.833. The lowest BCUT2D eigenvalue weighted by Crippen LogP contribution is -2.40. The van der Waals surface area contributed by atoms with E-state index in [0.717, 1.165) is 26.2 Å². The molecule has 0 aromatic heterocycles. The van der Waals surface area contributed by atoms with Crippen molar-refractivity contribution in [3.05, 3.63) is 12.2 Å². The molecule has 3 heteroatoms. The Kier molecular flexibility index (Phi) is 6.81. The SMILES string of the molecule is C=C(CNCC)CN(CC)CC(C)(C)O. The van der Waals surface area contributed by atoms with Gasteiger partial charge in [0.25, 0.3) is 0 Å². The normalized spacial score (nSPS) is 12.1. The second-order valence-corrected chi connectivity index (χ2v) is 4.65. The van der Waals surface area contributed by atoms with E-state index in [1.54, 1.807) is 0 Å². The summed E-state index contributed by atoms with van der Waals surface area (Å²) in [6.45, 7) is 16.2. The quantitative estimate of drug-likeness (QED) is 0.597. The van der Waals surface area contributed by atoms with Gasteiger partial charge in [-0.05, 0) is 32.5 Å². The molecule has 0 bridgehead atoms. The largest absolute Gasteiger partial charge is 0.389 e. The second-order valence-electron chi connectivity index (χ2n) is 4.65. The van der Waals surface area contributed by atoms with Gasteiger partial charge in [-0.15, -0.1) is 0 Å². The molecule has 0 heterocycles. The lowest BCUT2D eigenvalue weighted by Gasteiger charge is -2.28. The first-order valence-electron chi connectivity index (χ1n) is 5.71. The Morgan fingerprint density at radius 2 is 2.00 bits per heavy atom. The maximum absolute atomic E-state index is 9.72. The Hall–Kier alpha value is -0.380. The van der Waals surface area contributed by atoms with Gasteiger partial charge in [0.2, 0.25) is 0 Å². The fourth-order valence-corrected chi connectivity index (χ4v) is 1.50. The van der Waals surface area contributed by atoms with Gasteiger partial charge in [-0.25, -0.2) is 0 Å². The first-order chi connectivity index (χ1) is 6.89. The first-order valence-corrected chi connectivity index (χ1v) is 5.71. The summed E-state index contributed by atoms with van der Waals surface area (Å²) < 4.78 is 0. The Bertz CT molecular complexity index is 185. The Balaban J connectivity index is 3.93. The van der Waals surface area contributed by atoms with Crippen LogP contribution in [0.2, 0.25) is 0 Å². The van der Waals surface area contributed by atoms with E-state index in [1.807, 2.05) is 13.8 Å². The van der Waals surface area contributed by atoms with Crippen LogP contribution >= 0.6 is 0 Å². The Morgan fingerprint density at radius 1 is 1.40 bits per heavy atom. The van der Waals surface area contributed by atoms with Crippen molar-refractivity contribution >= 4 is 0 Å². The van der Waals surface area contributed by atoms with Crippen LogP contribution in [-0.4, -0.2) is 48.3 Å². The number of hydrogen-bond donors (Lipinski definition) is 2. The second kappa shape index (κ2) is 6.99. The summed E-state index contributed by atoms with van der Waals surface area (Å²) in [4.78, 5) is 2.21. The van der Waals surface area contributed by atoms with Crippen LogP contribution in [-0.2, 0) is 0 Å². The van der Waals surface area contributed by atoms with Crippen molar-refractivity contribution in [2.75, 3.05) is 32.7 Å². The van der Waals surface area contributed by atoms with E-state index in [2.05, 4.69) is 30.6 Å². The lowest BCUT2D eigenvalue weighted by molar-refractivity contribution is 0.0407. The van der Waals surface area contributed by atoms with E-state index in [0.29, 0.717) is 6.54 Å². The highest BCUT2D eigenvalue weighted by Gasteiger charge is 2.17. The van der Waals surface area contributed by atoms with Crippen molar-refractivity contribution in [3.63, 3.8) is 0 Å². The summed E-state index contributed by atoms with van der Waals surface area (Å²) in [6, 6.07) is 0. The molecule has 2 N–H and O–H groups in total. The minimum absolute atomic E-state index is 0.630. The molecule has 0 fully saturated rings. The van der Waals surface area contributed by atoms with Crippen LogP contribution in [0.1, 0.15) is 27.7 Å². The van der Waals surface area contributed by atoms with E-state index < -0.39 is 5.60 Å². The third kappa shape index (κ3) is 8.60. The molecular weight excluding hydrogens is 188 g/mol. The summed E-state index contributed by atoms with van der Waals surface area (Å²) in [5.74, 6) is 0. The molecule has 0 unspecified atom stereocenters. The average molecular weight is 214 g/mol.